The van der Waals surface area contributed by atoms with Crippen LogP contribution in [0.25, 0.3) is 11.3 Å². The highest BCUT2D eigenvalue weighted by Gasteiger charge is 2.50. The van der Waals surface area contributed by atoms with Gasteiger partial charge in [-0.05, 0) is 37.0 Å². The number of benzene rings is 1. The number of carbonyl (C=O) groups excluding carboxylic acids is 1. The Balaban J connectivity index is 1.65. The second-order valence-electron chi connectivity index (χ2n) is 6.56. The van der Waals surface area contributed by atoms with Crippen molar-refractivity contribution in [3.63, 3.8) is 0 Å². The van der Waals surface area contributed by atoms with Gasteiger partial charge >= 0.3 is 6.18 Å². The van der Waals surface area contributed by atoms with Crippen molar-refractivity contribution >= 4 is 5.78 Å². The average Bonchev–Trinajstić information content (AvgIpc) is 3.01. The molecule has 2 aromatic rings. The van der Waals surface area contributed by atoms with Crippen LogP contribution in [0.15, 0.2) is 30.3 Å². The van der Waals surface area contributed by atoms with Crippen LogP contribution in [0.5, 0.6) is 0 Å². The number of ketones is 1. The molecule has 0 bridgehead atoms. The molecule has 1 heterocycles. The molecule has 0 unspecified atom stereocenters. The van der Waals surface area contributed by atoms with Gasteiger partial charge < -0.3 is 0 Å². The lowest BCUT2D eigenvalue weighted by molar-refractivity contribution is -0.139. The van der Waals surface area contributed by atoms with E-state index < -0.39 is 23.2 Å². The molecule has 1 fully saturated rings. The van der Waals surface area contributed by atoms with Crippen molar-refractivity contribution in [1.82, 2.24) is 10.2 Å². The van der Waals surface area contributed by atoms with E-state index >= 15 is 0 Å². The van der Waals surface area contributed by atoms with Crippen molar-refractivity contribution in [2.45, 2.75) is 37.5 Å². The van der Waals surface area contributed by atoms with Crippen LogP contribution in [0.3, 0.4) is 0 Å². The third-order valence-corrected chi connectivity index (χ3v) is 4.59. The van der Waals surface area contributed by atoms with Crippen LogP contribution < -0.4 is 0 Å². The standard InChI is InChI=1S/C18H15F4N3O/c19-17(9-11(10-17)5-6-23)16(26)8-14-7-15(25-24-14)12-1-3-13(4-2-12)18(20,21)22/h1-4,7,11H,5,8-10H2,(H,24,25). The van der Waals surface area contributed by atoms with Gasteiger partial charge in [0.25, 0.3) is 0 Å². The van der Waals surface area contributed by atoms with E-state index in [1.54, 1.807) is 0 Å². The number of carbonyl (C=O) groups is 1. The zero-order valence-corrected chi connectivity index (χ0v) is 13.6. The maximum absolute atomic E-state index is 14.4. The Kier molecular flexibility index (Phi) is 4.57. The molecule has 136 valence electrons. The minimum atomic E-state index is -4.41. The summed E-state index contributed by atoms with van der Waals surface area (Å²) in [5.74, 6) is -0.660. The van der Waals surface area contributed by atoms with E-state index in [0.29, 0.717) is 17.0 Å². The zero-order valence-electron chi connectivity index (χ0n) is 13.6. The van der Waals surface area contributed by atoms with Crippen LogP contribution >= 0.6 is 0 Å². The predicted octanol–water partition coefficient (Wildman–Crippen LogP) is 4.24. The Bertz CT molecular complexity index is 843. The molecule has 0 aliphatic heterocycles. The number of nitrogens with zero attached hydrogens (tertiary/aromatic N) is 2. The summed E-state index contributed by atoms with van der Waals surface area (Å²) in [5, 5.41) is 15.2. The second kappa shape index (κ2) is 6.56. The molecule has 1 aromatic heterocycles. The van der Waals surface area contributed by atoms with E-state index in [0.717, 1.165) is 12.1 Å². The Labute approximate surface area is 146 Å². The van der Waals surface area contributed by atoms with Gasteiger partial charge in [0.15, 0.2) is 11.5 Å². The number of halogens is 4. The summed E-state index contributed by atoms with van der Waals surface area (Å²) in [6, 6.07) is 7.98. The number of hydrogen-bond acceptors (Lipinski definition) is 3. The predicted molar refractivity (Wildman–Crippen MR) is 84.5 cm³/mol. The van der Waals surface area contributed by atoms with Gasteiger partial charge in [0.05, 0.1) is 23.7 Å². The van der Waals surface area contributed by atoms with E-state index in [-0.39, 0.29) is 31.6 Å². The van der Waals surface area contributed by atoms with Gasteiger partial charge in [-0.3, -0.25) is 9.89 Å². The zero-order chi connectivity index (χ0) is 18.9. The Morgan fingerprint density at radius 3 is 2.54 bits per heavy atom. The highest BCUT2D eigenvalue weighted by Crippen LogP contribution is 2.44. The molecule has 0 saturated heterocycles. The van der Waals surface area contributed by atoms with Gasteiger partial charge in [-0.25, -0.2) is 4.39 Å². The fourth-order valence-corrected chi connectivity index (χ4v) is 3.12. The van der Waals surface area contributed by atoms with Crippen LogP contribution in [-0.4, -0.2) is 21.6 Å². The summed E-state index contributed by atoms with van der Waals surface area (Å²) in [5.41, 5.74) is -1.43. The van der Waals surface area contributed by atoms with Crippen molar-refractivity contribution in [2.24, 2.45) is 5.92 Å². The lowest BCUT2D eigenvalue weighted by Crippen LogP contribution is -2.47. The molecule has 3 rings (SSSR count). The number of aromatic nitrogens is 2. The molecular formula is C18H15F4N3O. The summed E-state index contributed by atoms with van der Waals surface area (Å²) in [4.78, 5) is 12.1. The summed E-state index contributed by atoms with van der Waals surface area (Å²) in [6.07, 6.45) is -4.24. The summed E-state index contributed by atoms with van der Waals surface area (Å²) in [7, 11) is 0. The van der Waals surface area contributed by atoms with E-state index in [4.69, 9.17) is 5.26 Å². The molecule has 1 saturated carbocycles. The molecule has 1 N–H and O–H groups in total. The van der Waals surface area contributed by atoms with Gasteiger partial charge in [0.2, 0.25) is 0 Å². The summed E-state index contributed by atoms with van der Waals surface area (Å²) in [6.45, 7) is 0. The number of nitriles is 1. The fourth-order valence-electron chi connectivity index (χ4n) is 3.12. The Morgan fingerprint density at radius 1 is 1.31 bits per heavy atom. The van der Waals surface area contributed by atoms with Crippen molar-refractivity contribution in [3.05, 3.63) is 41.6 Å². The van der Waals surface area contributed by atoms with Crippen molar-refractivity contribution < 1.29 is 22.4 Å². The van der Waals surface area contributed by atoms with E-state index in [1.165, 1.54) is 18.2 Å². The van der Waals surface area contributed by atoms with E-state index in [9.17, 15) is 22.4 Å². The highest BCUT2D eigenvalue weighted by molar-refractivity contribution is 5.90. The number of alkyl halides is 4. The molecule has 8 heteroatoms. The molecule has 0 atom stereocenters. The van der Waals surface area contributed by atoms with Crippen LogP contribution in [-0.2, 0) is 17.4 Å². The summed E-state index contributed by atoms with van der Waals surface area (Å²) >= 11 is 0. The number of Topliss-reactive ketones (excluding diaryl/α,β-unsaturated/α-hetero) is 1. The average molecular weight is 365 g/mol. The first kappa shape index (κ1) is 18.1. The summed E-state index contributed by atoms with van der Waals surface area (Å²) < 4.78 is 52.2. The van der Waals surface area contributed by atoms with Crippen LogP contribution in [0.4, 0.5) is 17.6 Å². The molecule has 0 radical (unpaired) electrons. The first-order valence-corrected chi connectivity index (χ1v) is 8.02. The van der Waals surface area contributed by atoms with Gasteiger partial charge in [0, 0.05) is 17.7 Å². The van der Waals surface area contributed by atoms with Gasteiger partial charge in [-0.1, -0.05) is 12.1 Å². The monoisotopic (exact) mass is 365 g/mol. The highest BCUT2D eigenvalue weighted by atomic mass is 19.4. The van der Waals surface area contributed by atoms with Gasteiger partial charge in [0.1, 0.15) is 0 Å². The first-order chi connectivity index (χ1) is 12.2. The number of H-pyrrole nitrogens is 1. The fraction of sp³-hybridized carbons (Fsp3) is 0.389. The van der Waals surface area contributed by atoms with Crippen molar-refractivity contribution in [3.8, 4) is 17.3 Å². The maximum atomic E-state index is 14.4. The Morgan fingerprint density at radius 2 is 1.96 bits per heavy atom. The first-order valence-electron chi connectivity index (χ1n) is 8.02. The maximum Gasteiger partial charge on any atom is 0.416 e. The number of rotatable bonds is 5. The van der Waals surface area contributed by atoms with Gasteiger partial charge in [-0.15, -0.1) is 0 Å². The molecule has 1 aliphatic rings. The quantitative estimate of drug-likeness (QED) is 0.806. The van der Waals surface area contributed by atoms with Crippen LogP contribution in [0.2, 0.25) is 0 Å². The van der Waals surface area contributed by atoms with Crippen molar-refractivity contribution in [2.75, 3.05) is 0 Å². The topological polar surface area (TPSA) is 69.5 Å². The molecule has 0 spiro atoms. The normalized spacial score (nSPS) is 22.5. The number of aromatic amines is 1. The number of nitrogens with one attached hydrogen (secondary N) is 1. The molecule has 0 amide bonds. The van der Waals surface area contributed by atoms with E-state index in [1.807, 2.05) is 6.07 Å². The lowest BCUT2D eigenvalue weighted by atomic mass is 9.68. The third-order valence-electron chi connectivity index (χ3n) is 4.59. The van der Waals surface area contributed by atoms with Crippen LogP contribution in [0, 0.1) is 17.2 Å². The smallest absolute Gasteiger partial charge is 0.296 e. The SMILES string of the molecule is N#CCC1CC(F)(C(=O)Cc2cc(-c3ccc(C(F)(F)F)cc3)n[nH]2)C1. The number of hydrogen-bond donors (Lipinski definition) is 1. The van der Waals surface area contributed by atoms with Crippen molar-refractivity contribution in [1.29, 1.82) is 5.26 Å². The molecule has 1 aromatic carbocycles. The lowest BCUT2D eigenvalue weighted by Gasteiger charge is -2.39. The largest absolute Gasteiger partial charge is 0.416 e. The molecule has 1 aliphatic carbocycles. The van der Waals surface area contributed by atoms with E-state index in [2.05, 4.69) is 10.2 Å². The molecular weight excluding hydrogens is 350 g/mol. The third kappa shape index (κ3) is 3.62. The van der Waals surface area contributed by atoms with Crippen LogP contribution in [0.1, 0.15) is 30.5 Å². The van der Waals surface area contributed by atoms with Gasteiger partial charge in [-0.2, -0.15) is 23.5 Å². The Hall–Kier alpha value is -2.69. The minimum absolute atomic E-state index is 0.0549. The minimum Gasteiger partial charge on any atom is -0.296 e. The second-order valence-corrected chi connectivity index (χ2v) is 6.56. The molecule has 26 heavy (non-hydrogen) atoms. The molecule has 4 nitrogen and oxygen atoms in total.